The van der Waals surface area contributed by atoms with Gasteiger partial charge in [-0.05, 0) is 56.7 Å². The number of benzene rings is 1. The molecule has 2 aromatic rings. The summed E-state index contributed by atoms with van der Waals surface area (Å²) in [5.74, 6) is 0.793. The van der Waals surface area contributed by atoms with Crippen molar-refractivity contribution < 1.29 is 9.53 Å². The Morgan fingerprint density at radius 2 is 1.92 bits per heavy atom. The SMILES string of the molecule is CCN(CCN(C)C)C(=O)Nc1ccc(OCc2cccs2)cc1. The van der Waals surface area contributed by atoms with Gasteiger partial charge in [0, 0.05) is 30.2 Å². The molecule has 0 atom stereocenters. The Kier molecular flexibility index (Phi) is 7.08. The highest BCUT2D eigenvalue weighted by Gasteiger charge is 2.11. The van der Waals surface area contributed by atoms with Crippen molar-refractivity contribution in [1.82, 2.24) is 9.80 Å². The van der Waals surface area contributed by atoms with Crippen molar-refractivity contribution in [2.24, 2.45) is 0 Å². The largest absolute Gasteiger partial charge is 0.488 e. The first-order chi connectivity index (χ1) is 11.6. The topological polar surface area (TPSA) is 44.8 Å². The van der Waals surface area contributed by atoms with E-state index in [1.54, 1.807) is 16.2 Å². The van der Waals surface area contributed by atoms with Gasteiger partial charge in [-0.1, -0.05) is 6.07 Å². The van der Waals surface area contributed by atoms with Gasteiger partial charge < -0.3 is 19.9 Å². The molecule has 2 rings (SSSR count). The number of ether oxygens (including phenoxy) is 1. The van der Waals surface area contributed by atoms with E-state index in [0.29, 0.717) is 19.7 Å². The summed E-state index contributed by atoms with van der Waals surface area (Å²) in [7, 11) is 4.00. The van der Waals surface area contributed by atoms with Gasteiger partial charge in [0.2, 0.25) is 0 Å². The first-order valence-electron chi connectivity index (χ1n) is 8.04. The number of nitrogens with one attached hydrogen (secondary N) is 1. The summed E-state index contributed by atoms with van der Waals surface area (Å²) < 4.78 is 5.73. The van der Waals surface area contributed by atoms with Crippen LogP contribution in [-0.2, 0) is 6.61 Å². The van der Waals surface area contributed by atoms with Gasteiger partial charge in [0.05, 0.1) is 0 Å². The van der Waals surface area contributed by atoms with Gasteiger partial charge in [-0.2, -0.15) is 0 Å². The Bertz CT molecular complexity index is 612. The lowest BCUT2D eigenvalue weighted by molar-refractivity contribution is 0.208. The van der Waals surface area contributed by atoms with Crippen LogP contribution in [0.1, 0.15) is 11.8 Å². The van der Waals surface area contributed by atoms with Gasteiger partial charge in [-0.3, -0.25) is 0 Å². The van der Waals surface area contributed by atoms with Crippen LogP contribution in [0.4, 0.5) is 10.5 Å². The molecule has 0 saturated heterocycles. The number of hydrogen-bond donors (Lipinski definition) is 1. The van der Waals surface area contributed by atoms with Crippen LogP contribution in [0.15, 0.2) is 41.8 Å². The maximum Gasteiger partial charge on any atom is 0.321 e. The predicted octanol–water partition coefficient (Wildman–Crippen LogP) is 3.74. The Morgan fingerprint density at radius 1 is 1.17 bits per heavy atom. The summed E-state index contributed by atoms with van der Waals surface area (Å²) in [6, 6.07) is 11.5. The van der Waals surface area contributed by atoms with Crippen LogP contribution < -0.4 is 10.1 Å². The normalized spacial score (nSPS) is 10.7. The van der Waals surface area contributed by atoms with Crippen LogP contribution in [0.2, 0.25) is 0 Å². The van der Waals surface area contributed by atoms with E-state index in [1.807, 2.05) is 62.8 Å². The minimum atomic E-state index is -0.0772. The van der Waals surface area contributed by atoms with Crippen molar-refractivity contribution in [3.8, 4) is 5.75 Å². The van der Waals surface area contributed by atoms with E-state index in [9.17, 15) is 4.79 Å². The molecule has 0 unspecified atom stereocenters. The summed E-state index contributed by atoms with van der Waals surface area (Å²) in [6.07, 6.45) is 0. The van der Waals surface area contributed by atoms with Gasteiger partial charge in [0.1, 0.15) is 12.4 Å². The van der Waals surface area contributed by atoms with Gasteiger partial charge in [0.15, 0.2) is 0 Å². The summed E-state index contributed by atoms with van der Waals surface area (Å²) in [5, 5.41) is 4.96. The molecule has 1 aromatic carbocycles. The second kappa shape index (κ2) is 9.30. The van der Waals surface area contributed by atoms with Crippen molar-refractivity contribution in [2.45, 2.75) is 13.5 Å². The number of hydrogen-bond acceptors (Lipinski definition) is 4. The molecule has 0 bridgehead atoms. The predicted molar refractivity (Wildman–Crippen MR) is 99.9 cm³/mol. The number of carbonyl (C=O) groups is 1. The number of likely N-dealkylation sites (N-methyl/N-ethyl adjacent to an activating group) is 2. The smallest absolute Gasteiger partial charge is 0.321 e. The average Bonchev–Trinajstić information content (AvgIpc) is 3.08. The number of rotatable bonds is 8. The van der Waals surface area contributed by atoms with Gasteiger partial charge in [0.25, 0.3) is 0 Å². The molecule has 0 spiro atoms. The number of urea groups is 1. The van der Waals surface area contributed by atoms with E-state index in [-0.39, 0.29) is 6.03 Å². The molecule has 0 aliphatic rings. The number of nitrogens with zero attached hydrogens (tertiary/aromatic N) is 2. The zero-order valence-electron chi connectivity index (χ0n) is 14.5. The average molecular weight is 347 g/mol. The lowest BCUT2D eigenvalue weighted by Crippen LogP contribution is -2.39. The van der Waals surface area contributed by atoms with Crippen molar-refractivity contribution in [1.29, 1.82) is 0 Å². The molecule has 6 heteroatoms. The molecule has 130 valence electrons. The molecule has 0 fully saturated rings. The molecular formula is C18H25N3O2S. The maximum absolute atomic E-state index is 12.3. The molecular weight excluding hydrogens is 322 g/mol. The summed E-state index contributed by atoms with van der Waals surface area (Å²) >= 11 is 1.68. The van der Waals surface area contributed by atoms with Crippen LogP contribution in [0.5, 0.6) is 5.75 Å². The van der Waals surface area contributed by atoms with Crippen LogP contribution in [0, 0.1) is 0 Å². The standard InChI is InChI=1S/C18H25N3O2S/c1-4-21(12-11-20(2)3)18(22)19-15-7-9-16(10-8-15)23-14-17-6-5-13-24-17/h5-10,13H,4,11-12,14H2,1-3H3,(H,19,22). The Balaban J connectivity index is 1.84. The Hall–Kier alpha value is -2.05. The van der Waals surface area contributed by atoms with Crippen molar-refractivity contribution in [3.63, 3.8) is 0 Å². The van der Waals surface area contributed by atoms with E-state index in [0.717, 1.165) is 18.0 Å². The highest BCUT2D eigenvalue weighted by molar-refractivity contribution is 7.09. The van der Waals surface area contributed by atoms with Gasteiger partial charge in [-0.15, -0.1) is 11.3 Å². The number of thiophene rings is 1. The summed E-state index contributed by atoms with van der Waals surface area (Å²) in [5.41, 5.74) is 0.770. The molecule has 0 aliphatic carbocycles. The Morgan fingerprint density at radius 3 is 2.50 bits per heavy atom. The molecule has 1 N–H and O–H groups in total. The fraction of sp³-hybridized carbons (Fsp3) is 0.389. The lowest BCUT2D eigenvalue weighted by atomic mass is 10.3. The van der Waals surface area contributed by atoms with E-state index < -0.39 is 0 Å². The molecule has 24 heavy (non-hydrogen) atoms. The fourth-order valence-electron chi connectivity index (χ4n) is 2.11. The third-order valence-corrected chi connectivity index (χ3v) is 4.40. The monoisotopic (exact) mass is 347 g/mol. The molecule has 2 amide bonds. The van der Waals surface area contributed by atoms with Crippen LogP contribution in [0.3, 0.4) is 0 Å². The van der Waals surface area contributed by atoms with E-state index >= 15 is 0 Å². The van der Waals surface area contributed by atoms with Crippen LogP contribution in [0.25, 0.3) is 0 Å². The molecule has 1 aromatic heterocycles. The minimum absolute atomic E-state index is 0.0772. The van der Waals surface area contributed by atoms with E-state index in [2.05, 4.69) is 10.2 Å². The molecule has 1 heterocycles. The third-order valence-electron chi connectivity index (χ3n) is 3.55. The lowest BCUT2D eigenvalue weighted by Gasteiger charge is -2.23. The third kappa shape index (κ3) is 5.86. The van der Waals surface area contributed by atoms with Crippen LogP contribution >= 0.6 is 11.3 Å². The van der Waals surface area contributed by atoms with Crippen molar-refractivity contribution in [3.05, 3.63) is 46.7 Å². The summed E-state index contributed by atoms with van der Waals surface area (Å²) in [4.78, 5) is 17.3. The summed E-state index contributed by atoms with van der Waals surface area (Å²) in [6.45, 7) is 4.78. The Labute approximate surface area is 147 Å². The minimum Gasteiger partial charge on any atom is -0.488 e. The van der Waals surface area contributed by atoms with Crippen LogP contribution in [-0.4, -0.2) is 49.6 Å². The zero-order valence-corrected chi connectivity index (χ0v) is 15.3. The van der Waals surface area contributed by atoms with Gasteiger partial charge >= 0.3 is 6.03 Å². The second-order valence-corrected chi connectivity index (χ2v) is 6.74. The first-order valence-corrected chi connectivity index (χ1v) is 8.92. The zero-order chi connectivity index (χ0) is 17.4. The molecule has 0 aliphatic heterocycles. The fourth-order valence-corrected chi connectivity index (χ4v) is 2.73. The highest BCUT2D eigenvalue weighted by atomic mass is 32.1. The number of anilines is 1. The van der Waals surface area contributed by atoms with E-state index in [1.165, 1.54) is 4.88 Å². The second-order valence-electron chi connectivity index (χ2n) is 5.71. The van der Waals surface area contributed by atoms with Gasteiger partial charge in [-0.25, -0.2) is 4.79 Å². The maximum atomic E-state index is 12.3. The van der Waals surface area contributed by atoms with E-state index in [4.69, 9.17) is 4.74 Å². The number of amides is 2. The molecule has 0 saturated carbocycles. The molecule has 0 radical (unpaired) electrons. The quantitative estimate of drug-likeness (QED) is 0.791. The highest BCUT2D eigenvalue weighted by Crippen LogP contribution is 2.18. The first kappa shape index (κ1) is 18.3. The number of carbonyl (C=O) groups excluding carboxylic acids is 1. The van der Waals surface area contributed by atoms with Crippen molar-refractivity contribution in [2.75, 3.05) is 39.0 Å². The molecule has 5 nitrogen and oxygen atoms in total. The van der Waals surface area contributed by atoms with Crippen molar-refractivity contribution >= 4 is 23.1 Å².